The zero-order chi connectivity index (χ0) is 18.8. The van der Waals surface area contributed by atoms with Crippen LogP contribution in [0.4, 0.5) is 21.8 Å². The van der Waals surface area contributed by atoms with Gasteiger partial charge in [0.25, 0.3) is 5.91 Å². The van der Waals surface area contributed by atoms with E-state index in [1.807, 2.05) is 11.8 Å². The molecule has 2 aliphatic rings. The van der Waals surface area contributed by atoms with Crippen molar-refractivity contribution in [2.45, 2.75) is 6.92 Å². The predicted molar refractivity (Wildman–Crippen MR) is 102 cm³/mol. The number of fused-ring (bicyclic) bond motifs is 1. The molecule has 3 heterocycles. The number of halogens is 1. The summed E-state index contributed by atoms with van der Waals surface area (Å²) in [6, 6.07) is 7.02. The number of hydrogen-bond donors (Lipinski definition) is 3. The van der Waals surface area contributed by atoms with E-state index in [0.717, 1.165) is 31.9 Å². The first-order valence-electron chi connectivity index (χ1n) is 9.27. The van der Waals surface area contributed by atoms with Gasteiger partial charge in [-0.25, -0.2) is 9.37 Å². The quantitative estimate of drug-likeness (QED) is 0.744. The Morgan fingerprint density at radius 2 is 1.96 bits per heavy atom. The van der Waals surface area contributed by atoms with E-state index in [1.54, 1.807) is 24.3 Å². The Kier molecular flexibility index (Phi) is 4.89. The van der Waals surface area contributed by atoms with Crippen LogP contribution in [0.5, 0.6) is 0 Å². The fourth-order valence-corrected chi connectivity index (χ4v) is 3.77. The van der Waals surface area contributed by atoms with Crippen LogP contribution in [0.2, 0.25) is 0 Å². The van der Waals surface area contributed by atoms with Crippen molar-refractivity contribution in [2.75, 3.05) is 42.9 Å². The molecule has 2 saturated heterocycles. The molecule has 0 spiro atoms. The van der Waals surface area contributed by atoms with Gasteiger partial charge in [-0.15, -0.1) is 0 Å². The molecule has 3 N–H and O–H groups in total. The lowest BCUT2D eigenvalue weighted by molar-refractivity contribution is 0.0956. The molecular formula is C19H23FN6O. The monoisotopic (exact) mass is 370 g/mol. The average molecular weight is 370 g/mol. The Balaban J connectivity index is 1.47. The van der Waals surface area contributed by atoms with Gasteiger partial charge in [0.2, 0.25) is 5.95 Å². The summed E-state index contributed by atoms with van der Waals surface area (Å²) in [5, 5.41) is 9.22. The first-order valence-corrected chi connectivity index (χ1v) is 9.27. The lowest BCUT2D eigenvalue weighted by Crippen LogP contribution is -2.27. The van der Waals surface area contributed by atoms with Gasteiger partial charge in [0, 0.05) is 44.0 Å². The molecule has 8 heteroatoms. The molecule has 1 aromatic heterocycles. The molecule has 1 amide bonds. The second-order valence-electron chi connectivity index (χ2n) is 7.01. The lowest BCUT2D eigenvalue weighted by atomic mass is 10.0. The lowest BCUT2D eigenvalue weighted by Gasteiger charge is -2.19. The number of rotatable bonds is 5. The fourth-order valence-electron chi connectivity index (χ4n) is 3.77. The van der Waals surface area contributed by atoms with Gasteiger partial charge in [0.15, 0.2) is 11.6 Å². The van der Waals surface area contributed by atoms with E-state index in [2.05, 4.69) is 25.9 Å². The number of carbonyl (C=O) groups is 1. The third-order valence-corrected chi connectivity index (χ3v) is 5.16. The Hall–Kier alpha value is -2.74. The highest BCUT2D eigenvalue weighted by Crippen LogP contribution is 2.31. The maximum Gasteiger partial charge on any atom is 0.251 e. The van der Waals surface area contributed by atoms with Gasteiger partial charge in [-0.2, -0.15) is 4.98 Å². The number of nitrogens with zero attached hydrogens (tertiary/aromatic N) is 3. The molecule has 1 aromatic carbocycles. The molecular weight excluding hydrogens is 347 g/mol. The van der Waals surface area contributed by atoms with Crippen molar-refractivity contribution in [1.29, 1.82) is 0 Å². The topological polar surface area (TPSA) is 82.2 Å². The fraction of sp³-hybridized carbons (Fsp3) is 0.421. The number of amides is 1. The van der Waals surface area contributed by atoms with Gasteiger partial charge in [-0.3, -0.25) is 4.79 Å². The van der Waals surface area contributed by atoms with Crippen molar-refractivity contribution in [2.24, 2.45) is 11.8 Å². The summed E-state index contributed by atoms with van der Waals surface area (Å²) in [4.78, 5) is 22.3. The van der Waals surface area contributed by atoms with Gasteiger partial charge in [-0.1, -0.05) is 0 Å². The summed E-state index contributed by atoms with van der Waals surface area (Å²) in [6.45, 7) is 6.05. The summed E-state index contributed by atoms with van der Waals surface area (Å²) in [5.41, 5.74) is 1.32. The first kappa shape index (κ1) is 17.7. The van der Waals surface area contributed by atoms with Gasteiger partial charge < -0.3 is 20.9 Å². The maximum atomic E-state index is 14.3. The molecule has 2 aromatic rings. The van der Waals surface area contributed by atoms with E-state index in [1.165, 1.54) is 6.20 Å². The summed E-state index contributed by atoms with van der Waals surface area (Å²) in [6.07, 6.45) is 1.21. The highest BCUT2D eigenvalue weighted by Gasteiger charge is 2.37. The predicted octanol–water partition coefficient (Wildman–Crippen LogP) is 1.76. The van der Waals surface area contributed by atoms with Crippen molar-refractivity contribution in [1.82, 2.24) is 20.6 Å². The van der Waals surface area contributed by atoms with E-state index in [0.29, 0.717) is 35.7 Å². The van der Waals surface area contributed by atoms with E-state index >= 15 is 0 Å². The van der Waals surface area contributed by atoms with Crippen molar-refractivity contribution in [3.05, 3.63) is 41.8 Å². The molecule has 4 rings (SSSR count). The molecule has 2 fully saturated rings. The second kappa shape index (κ2) is 7.48. The number of anilines is 3. The van der Waals surface area contributed by atoms with Crippen LogP contribution in [0.1, 0.15) is 17.3 Å². The van der Waals surface area contributed by atoms with Crippen LogP contribution >= 0.6 is 0 Å². The Bertz CT molecular complexity index is 815. The Labute approximate surface area is 157 Å². The van der Waals surface area contributed by atoms with Crippen LogP contribution in [-0.2, 0) is 0 Å². The zero-order valence-corrected chi connectivity index (χ0v) is 15.2. The van der Waals surface area contributed by atoms with E-state index < -0.39 is 5.82 Å². The molecule has 2 atom stereocenters. The second-order valence-corrected chi connectivity index (χ2v) is 7.01. The normalized spacial score (nSPS) is 21.2. The number of hydrogen-bond acceptors (Lipinski definition) is 6. The van der Waals surface area contributed by atoms with Gasteiger partial charge in [-0.05, 0) is 43.0 Å². The highest BCUT2D eigenvalue weighted by atomic mass is 19.1. The molecule has 0 radical (unpaired) electrons. The highest BCUT2D eigenvalue weighted by molar-refractivity contribution is 5.94. The average Bonchev–Trinajstić information content (AvgIpc) is 3.26. The Morgan fingerprint density at radius 3 is 2.63 bits per heavy atom. The summed E-state index contributed by atoms with van der Waals surface area (Å²) >= 11 is 0. The van der Waals surface area contributed by atoms with Gasteiger partial charge in [0.1, 0.15) is 0 Å². The maximum absolute atomic E-state index is 14.3. The number of carbonyl (C=O) groups excluding carboxylic acids is 1. The molecule has 0 bridgehead atoms. The summed E-state index contributed by atoms with van der Waals surface area (Å²) < 4.78 is 14.3. The van der Waals surface area contributed by atoms with Crippen LogP contribution < -0.4 is 20.9 Å². The third-order valence-electron chi connectivity index (χ3n) is 5.16. The minimum atomic E-state index is -0.403. The largest absolute Gasteiger partial charge is 0.353 e. The summed E-state index contributed by atoms with van der Waals surface area (Å²) in [7, 11) is 0. The molecule has 7 nitrogen and oxygen atoms in total. The Morgan fingerprint density at radius 1 is 1.26 bits per heavy atom. The third kappa shape index (κ3) is 3.71. The van der Waals surface area contributed by atoms with Crippen LogP contribution in [0, 0.1) is 17.7 Å². The molecule has 0 aliphatic carbocycles. The van der Waals surface area contributed by atoms with Crippen molar-refractivity contribution < 1.29 is 9.18 Å². The molecule has 0 unspecified atom stereocenters. The number of nitrogens with one attached hydrogen (secondary N) is 3. The standard InChI is InChI=1S/C19H23FN6O/c1-2-22-18(27)12-3-5-15(6-4-12)24-19-23-9-16(20)17(25-19)26-10-13-7-21-8-14(13)11-26/h3-6,9,13-14,21H,2,7-8,10-11H2,1H3,(H,22,27)(H,23,24,25)/t13-,14+. The van der Waals surface area contributed by atoms with Crippen molar-refractivity contribution in [3.63, 3.8) is 0 Å². The van der Waals surface area contributed by atoms with Crippen molar-refractivity contribution >= 4 is 23.4 Å². The first-order chi connectivity index (χ1) is 13.1. The van der Waals surface area contributed by atoms with Crippen LogP contribution in [0.25, 0.3) is 0 Å². The van der Waals surface area contributed by atoms with Crippen LogP contribution in [0.15, 0.2) is 30.5 Å². The minimum absolute atomic E-state index is 0.113. The molecule has 0 saturated carbocycles. The SMILES string of the molecule is CCNC(=O)c1ccc(Nc2ncc(F)c(N3C[C@H]4CNC[C@H]4C3)n2)cc1. The van der Waals surface area contributed by atoms with Crippen LogP contribution in [0.3, 0.4) is 0 Å². The van der Waals surface area contributed by atoms with Crippen molar-refractivity contribution in [3.8, 4) is 0 Å². The number of aromatic nitrogens is 2. The van der Waals surface area contributed by atoms with Gasteiger partial charge >= 0.3 is 0 Å². The van der Waals surface area contributed by atoms with E-state index in [9.17, 15) is 9.18 Å². The van der Waals surface area contributed by atoms with E-state index in [4.69, 9.17) is 0 Å². The van der Waals surface area contributed by atoms with Gasteiger partial charge in [0.05, 0.1) is 6.20 Å². The van der Waals surface area contributed by atoms with E-state index in [-0.39, 0.29) is 5.91 Å². The summed E-state index contributed by atoms with van der Waals surface area (Å²) in [5.74, 6) is 1.28. The smallest absolute Gasteiger partial charge is 0.251 e. The molecule has 142 valence electrons. The molecule has 2 aliphatic heterocycles. The molecule has 27 heavy (non-hydrogen) atoms. The number of benzene rings is 1. The minimum Gasteiger partial charge on any atom is -0.353 e. The zero-order valence-electron chi connectivity index (χ0n) is 15.2. The van der Waals surface area contributed by atoms with Crippen LogP contribution in [-0.4, -0.2) is 48.6 Å².